The van der Waals surface area contributed by atoms with Crippen LogP contribution in [0.4, 0.5) is 5.13 Å². The van der Waals surface area contributed by atoms with E-state index in [1.165, 1.54) is 0 Å². The van der Waals surface area contributed by atoms with Crippen LogP contribution in [0.2, 0.25) is 0 Å². The molecule has 1 aliphatic carbocycles. The van der Waals surface area contributed by atoms with E-state index in [4.69, 9.17) is 14.1 Å². The van der Waals surface area contributed by atoms with Gasteiger partial charge in [-0.15, -0.1) is 22.7 Å². The highest BCUT2D eigenvalue weighted by atomic mass is 32.1. The van der Waals surface area contributed by atoms with Crippen LogP contribution in [-0.2, 0) is 4.74 Å². The Kier molecular flexibility index (Phi) is 5.09. The number of thiazole rings is 2. The number of aryl methyl sites for hydroxylation is 2. The number of hydrogen-bond acceptors (Lipinski definition) is 8. The summed E-state index contributed by atoms with van der Waals surface area (Å²) in [6.45, 7) is 6.65. The van der Waals surface area contributed by atoms with E-state index < -0.39 is 0 Å². The predicted octanol–water partition coefficient (Wildman–Crippen LogP) is 5.06. The van der Waals surface area contributed by atoms with Gasteiger partial charge in [-0.1, -0.05) is 6.08 Å². The van der Waals surface area contributed by atoms with Crippen molar-refractivity contribution in [3.63, 3.8) is 0 Å². The fraction of sp³-hybridized carbons (Fsp3) is 0.316. The number of anilines is 1. The Bertz CT molecular complexity index is 985. The molecule has 3 aromatic heterocycles. The first-order chi connectivity index (χ1) is 13.1. The fourth-order valence-electron chi connectivity index (χ4n) is 3.03. The number of oxazole rings is 1. The highest BCUT2D eigenvalue weighted by Gasteiger charge is 2.24. The molecule has 0 aliphatic heterocycles. The van der Waals surface area contributed by atoms with Crippen molar-refractivity contribution in [1.82, 2.24) is 15.0 Å². The minimum absolute atomic E-state index is 0.0138. The van der Waals surface area contributed by atoms with Crippen molar-refractivity contribution in [2.24, 2.45) is 0 Å². The maximum Gasteiger partial charge on any atom is 0.221 e. The topological polar surface area (TPSA) is 73.1 Å². The van der Waals surface area contributed by atoms with Gasteiger partial charge in [0, 0.05) is 17.4 Å². The minimum atomic E-state index is -0.0138. The molecule has 1 unspecified atom stereocenters. The lowest BCUT2D eigenvalue weighted by Crippen LogP contribution is -2.26. The van der Waals surface area contributed by atoms with E-state index in [-0.39, 0.29) is 6.04 Å². The quantitative estimate of drug-likeness (QED) is 0.623. The van der Waals surface area contributed by atoms with Gasteiger partial charge < -0.3 is 14.5 Å². The second-order valence-corrected chi connectivity index (χ2v) is 8.18. The molecular weight excluding hydrogens is 380 g/mol. The summed E-state index contributed by atoms with van der Waals surface area (Å²) in [5.41, 5.74) is 3.02. The molecule has 0 amide bonds. The first-order valence-corrected chi connectivity index (χ1v) is 10.4. The zero-order valence-corrected chi connectivity index (χ0v) is 17.0. The lowest BCUT2D eigenvalue weighted by Gasteiger charge is -2.24. The van der Waals surface area contributed by atoms with E-state index in [9.17, 15) is 0 Å². The number of aromatic nitrogens is 3. The van der Waals surface area contributed by atoms with E-state index in [2.05, 4.69) is 20.7 Å². The highest BCUT2D eigenvalue weighted by Crippen LogP contribution is 2.34. The number of allylic oxidation sites excluding steroid dienone is 2. The fourth-order valence-corrected chi connectivity index (χ4v) is 4.74. The Labute approximate surface area is 165 Å². The molecule has 1 atom stereocenters. The SMILES string of the molecule is CCOC1=CC=C(c2ncco2)CC1Nc1nc(-c2sc(C)nc2C)cs1. The van der Waals surface area contributed by atoms with Crippen LogP contribution in [0.25, 0.3) is 16.1 Å². The number of hydrogen-bond donors (Lipinski definition) is 1. The minimum Gasteiger partial charge on any atom is -0.496 e. The number of nitrogens with zero attached hydrogens (tertiary/aromatic N) is 3. The van der Waals surface area contributed by atoms with E-state index in [1.807, 2.05) is 32.9 Å². The molecule has 140 valence electrons. The summed E-state index contributed by atoms with van der Waals surface area (Å²) in [4.78, 5) is 14.6. The summed E-state index contributed by atoms with van der Waals surface area (Å²) in [7, 11) is 0. The molecule has 0 spiro atoms. The van der Waals surface area contributed by atoms with Crippen LogP contribution in [0.15, 0.2) is 40.2 Å². The van der Waals surface area contributed by atoms with Crippen LogP contribution in [0, 0.1) is 13.8 Å². The third kappa shape index (κ3) is 3.81. The van der Waals surface area contributed by atoms with Gasteiger partial charge in [0.2, 0.25) is 5.89 Å². The first kappa shape index (κ1) is 17.9. The average Bonchev–Trinajstić information content (AvgIpc) is 3.38. The van der Waals surface area contributed by atoms with Gasteiger partial charge in [0.25, 0.3) is 0 Å². The first-order valence-electron chi connectivity index (χ1n) is 8.74. The van der Waals surface area contributed by atoms with Gasteiger partial charge in [-0.25, -0.2) is 15.0 Å². The number of nitrogens with one attached hydrogen (secondary N) is 1. The normalized spacial score (nSPS) is 16.8. The van der Waals surface area contributed by atoms with Crippen molar-refractivity contribution in [2.45, 2.75) is 33.2 Å². The van der Waals surface area contributed by atoms with Crippen molar-refractivity contribution in [1.29, 1.82) is 0 Å². The smallest absolute Gasteiger partial charge is 0.221 e. The molecule has 27 heavy (non-hydrogen) atoms. The van der Waals surface area contributed by atoms with E-state index in [0.717, 1.165) is 44.2 Å². The summed E-state index contributed by atoms with van der Waals surface area (Å²) in [5, 5.41) is 7.50. The lowest BCUT2D eigenvalue weighted by atomic mass is 9.99. The van der Waals surface area contributed by atoms with Crippen molar-refractivity contribution >= 4 is 33.4 Å². The Morgan fingerprint density at radius 2 is 2.19 bits per heavy atom. The van der Waals surface area contributed by atoms with Crippen LogP contribution in [0.1, 0.15) is 29.9 Å². The van der Waals surface area contributed by atoms with Crippen molar-refractivity contribution < 1.29 is 9.15 Å². The van der Waals surface area contributed by atoms with Gasteiger partial charge in [-0.3, -0.25) is 0 Å². The maximum atomic E-state index is 5.82. The maximum absolute atomic E-state index is 5.82. The third-order valence-electron chi connectivity index (χ3n) is 4.17. The summed E-state index contributed by atoms with van der Waals surface area (Å²) < 4.78 is 11.3. The summed E-state index contributed by atoms with van der Waals surface area (Å²) >= 11 is 3.26. The van der Waals surface area contributed by atoms with E-state index >= 15 is 0 Å². The highest BCUT2D eigenvalue weighted by molar-refractivity contribution is 7.16. The monoisotopic (exact) mass is 400 g/mol. The molecule has 0 radical (unpaired) electrons. The van der Waals surface area contributed by atoms with Gasteiger partial charge >= 0.3 is 0 Å². The molecule has 6 nitrogen and oxygen atoms in total. The molecule has 0 bridgehead atoms. The van der Waals surface area contributed by atoms with E-state index in [0.29, 0.717) is 12.5 Å². The Morgan fingerprint density at radius 1 is 1.30 bits per heavy atom. The molecule has 0 saturated heterocycles. The molecule has 0 fully saturated rings. The van der Waals surface area contributed by atoms with Gasteiger partial charge in [-0.05, 0) is 26.8 Å². The molecule has 0 saturated carbocycles. The van der Waals surface area contributed by atoms with Gasteiger partial charge in [0.05, 0.1) is 40.1 Å². The van der Waals surface area contributed by atoms with Gasteiger partial charge in [0.1, 0.15) is 12.0 Å². The standard InChI is InChI=1S/C19H20N4O2S2/c1-4-24-16-6-5-13(18-20-7-8-25-18)9-14(16)22-19-23-15(10-26-19)17-11(2)21-12(3)27-17/h5-8,10,14H,4,9H2,1-3H3,(H,22,23). The van der Waals surface area contributed by atoms with Crippen LogP contribution in [0.3, 0.4) is 0 Å². The Balaban J connectivity index is 1.55. The summed E-state index contributed by atoms with van der Waals surface area (Å²) in [6, 6.07) is -0.0138. The molecule has 3 heterocycles. The molecule has 1 aliphatic rings. The molecule has 0 aromatic carbocycles. The zero-order valence-electron chi connectivity index (χ0n) is 15.4. The molecular formula is C19H20N4O2S2. The van der Waals surface area contributed by atoms with Crippen LogP contribution >= 0.6 is 22.7 Å². The molecule has 3 aromatic rings. The second kappa shape index (κ2) is 7.66. The van der Waals surface area contributed by atoms with Crippen molar-refractivity contribution in [3.05, 3.63) is 52.3 Å². The van der Waals surface area contributed by atoms with Crippen molar-refractivity contribution in [2.75, 3.05) is 11.9 Å². The average molecular weight is 401 g/mol. The Morgan fingerprint density at radius 3 is 2.89 bits per heavy atom. The molecule has 1 N–H and O–H groups in total. The zero-order chi connectivity index (χ0) is 18.8. The third-order valence-corrected chi connectivity index (χ3v) is 6.04. The van der Waals surface area contributed by atoms with Crippen LogP contribution in [0.5, 0.6) is 0 Å². The predicted molar refractivity (Wildman–Crippen MR) is 109 cm³/mol. The lowest BCUT2D eigenvalue weighted by molar-refractivity contribution is 0.212. The molecule has 8 heteroatoms. The molecule has 4 rings (SSSR count). The van der Waals surface area contributed by atoms with Crippen LogP contribution < -0.4 is 5.32 Å². The van der Waals surface area contributed by atoms with E-state index in [1.54, 1.807) is 35.1 Å². The largest absolute Gasteiger partial charge is 0.496 e. The van der Waals surface area contributed by atoms with Gasteiger partial charge in [0.15, 0.2) is 5.13 Å². The Hall–Kier alpha value is -2.45. The van der Waals surface area contributed by atoms with Gasteiger partial charge in [-0.2, -0.15) is 0 Å². The second-order valence-electron chi connectivity index (χ2n) is 6.12. The van der Waals surface area contributed by atoms with Crippen molar-refractivity contribution in [3.8, 4) is 10.6 Å². The van der Waals surface area contributed by atoms with Crippen LogP contribution in [-0.4, -0.2) is 27.6 Å². The summed E-state index contributed by atoms with van der Waals surface area (Å²) in [6.07, 6.45) is 7.96. The number of rotatable bonds is 6. The summed E-state index contributed by atoms with van der Waals surface area (Å²) in [5.74, 6) is 1.54. The number of ether oxygens (including phenoxy) is 1.